The van der Waals surface area contributed by atoms with E-state index in [2.05, 4.69) is 23.7 Å². The number of hydrogen-bond acceptors (Lipinski definition) is 4. The van der Waals surface area contributed by atoms with Gasteiger partial charge in [0.25, 0.3) is 5.56 Å². The molecule has 2 aromatic rings. The van der Waals surface area contributed by atoms with E-state index in [9.17, 15) is 14.4 Å². The number of amides is 1. The quantitative estimate of drug-likeness (QED) is 0.369. The molecule has 1 aromatic heterocycles. The Morgan fingerprint density at radius 3 is 2.80 bits per heavy atom. The minimum Gasteiger partial charge on any atom is -0.399 e. The smallest absolute Gasteiger partial charge is 0.332 e. The van der Waals surface area contributed by atoms with Crippen LogP contribution in [0.1, 0.15) is 5.56 Å². The molecule has 7 nitrogen and oxygen atoms in total. The fraction of sp³-hybridized carbons (Fsp3) is 0.118. The number of nitrogens with one attached hydrogen (secondary N) is 1. The van der Waals surface area contributed by atoms with Gasteiger partial charge in [0.15, 0.2) is 0 Å². The number of nitrogen functional groups attached to an aromatic ring is 1. The second-order valence-corrected chi connectivity index (χ2v) is 5.38. The SMILES string of the molecule is C=CC(=O)Nc1c(Cl)n(CC#Cc2cccc(N)c2)c(=O)n(C)c1=O. The molecule has 0 saturated heterocycles. The number of hydrogen-bond donors (Lipinski definition) is 2. The summed E-state index contributed by atoms with van der Waals surface area (Å²) >= 11 is 6.11. The molecule has 0 aliphatic carbocycles. The summed E-state index contributed by atoms with van der Waals surface area (Å²) in [7, 11) is 1.28. The number of benzene rings is 1. The van der Waals surface area contributed by atoms with E-state index in [4.69, 9.17) is 17.3 Å². The molecule has 0 aliphatic heterocycles. The van der Waals surface area contributed by atoms with Crippen LogP contribution in [0, 0.1) is 11.8 Å². The lowest BCUT2D eigenvalue weighted by molar-refractivity contribution is -0.111. The largest absolute Gasteiger partial charge is 0.399 e. The summed E-state index contributed by atoms with van der Waals surface area (Å²) in [5, 5.41) is 2.10. The monoisotopic (exact) mass is 358 g/mol. The molecule has 0 unspecified atom stereocenters. The number of anilines is 2. The molecule has 25 heavy (non-hydrogen) atoms. The summed E-state index contributed by atoms with van der Waals surface area (Å²) in [6.07, 6.45) is 0.991. The van der Waals surface area contributed by atoms with Crippen LogP contribution in [0.2, 0.25) is 5.15 Å². The first-order valence-corrected chi connectivity index (χ1v) is 7.50. The molecule has 3 N–H and O–H groups in total. The van der Waals surface area contributed by atoms with Crippen LogP contribution in [0.5, 0.6) is 0 Å². The Labute approximate surface area is 148 Å². The van der Waals surface area contributed by atoms with Crippen molar-refractivity contribution >= 4 is 28.9 Å². The van der Waals surface area contributed by atoms with Crippen molar-refractivity contribution in [1.29, 1.82) is 0 Å². The number of carbonyl (C=O) groups is 1. The third-order valence-electron chi connectivity index (χ3n) is 3.27. The van der Waals surface area contributed by atoms with E-state index in [1.807, 2.05) is 0 Å². The Hall–Kier alpha value is -3.24. The van der Waals surface area contributed by atoms with E-state index in [0.29, 0.717) is 11.3 Å². The van der Waals surface area contributed by atoms with E-state index in [0.717, 1.165) is 15.2 Å². The van der Waals surface area contributed by atoms with Gasteiger partial charge >= 0.3 is 5.69 Å². The van der Waals surface area contributed by atoms with Gasteiger partial charge in [-0.3, -0.25) is 18.7 Å². The molecule has 0 saturated carbocycles. The van der Waals surface area contributed by atoms with Crippen molar-refractivity contribution in [2.45, 2.75) is 6.54 Å². The molecule has 0 aliphatic rings. The normalized spacial score (nSPS) is 9.84. The highest BCUT2D eigenvalue weighted by molar-refractivity contribution is 6.32. The summed E-state index contributed by atoms with van der Waals surface area (Å²) in [4.78, 5) is 35.8. The summed E-state index contributed by atoms with van der Waals surface area (Å²) in [5.41, 5.74) is 5.35. The van der Waals surface area contributed by atoms with Gasteiger partial charge in [0.2, 0.25) is 5.91 Å². The van der Waals surface area contributed by atoms with Crippen LogP contribution in [0.25, 0.3) is 0 Å². The Kier molecular flexibility index (Phi) is 5.47. The Morgan fingerprint density at radius 1 is 1.44 bits per heavy atom. The molecule has 2 rings (SSSR count). The lowest BCUT2D eigenvalue weighted by atomic mass is 10.2. The molecule has 0 radical (unpaired) electrons. The first kappa shape index (κ1) is 18.1. The van der Waals surface area contributed by atoms with Crippen LogP contribution in [0.3, 0.4) is 0 Å². The summed E-state index contributed by atoms with van der Waals surface area (Å²) < 4.78 is 1.92. The number of nitrogens with two attached hydrogens (primary N) is 1. The number of rotatable bonds is 3. The van der Waals surface area contributed by atoms with Gasteiger partial charge in [0, 0.05) is 18.3 Å². The van der Waals surface area contributed by atoms with E-state index < -0.39 is 17.2 Å². The molecule has 0 fully saturated rings. The maximum Gasteiger partial charge on any atom is 0.332 e. The number of aromatic nitrogens is 2. The van der Waals surface area contributed by atoms with Gasteiger partial charge in [-0.1, -0.05) is 36.1 Å². The van der Waals surface area contributed by atoms with Crippen molar-refractivity contribution in [3.8, 4) is 11.8 Å². The lowest BCUT2D eigenvalue weighted by Gasteiger charge is -2.11. The standard InChI is InChI=1S/C17H15ClN4O3/c1-3-13(23)20-14-15(18)22(17(25)21(2)16(14)24)9-5-7-11-6-4-8-12(19)10-11/h3-4,6,8,10H,1,9,19H2,2H3,(H,20,23). The third-order valence-corrected chi connectivity index (χ3v) is 3.66. The van der Waals surface area contributed by atoms with Crippen molar-refractivity contribution in [2.24, 2.45) is 7.05 Å². The number of halogens is 1. The van der Waals surface area contributed by atoms with E-state index in [-0.39, 0.29) is 17.4 Å². The molecule has 1 heterocycles. The average molecular weight is 359 g/mol. The first-order valence-electron chi connectivity index (χ1n) is 7.12. The van der Waals surface area contributed by atoms with Crippen LogP contribution in [0.4, 0.5) is 11.4 Å². The number of carbonyl (C=O) groups excluding carboxylic acids is 1. The van der Waals surface area contributed by atoms with Gasteiger partial charge in [-0.15, -0.1) is 0 Å². The van der Waals surface area contributed by atoms with Gasteiger partial charge < -0.3 is 11.1 Å². The highest BCUT2D eigenvalue weighted by Crippen LogP contribution is 2.15. The van der Waals surface area contributed by atoms with Crippen LogP contribution in [0.15, 0.2) is 46.5 Å². The van der Waals surface area contributed by atoms with Crippen LogP contribution < -0.4 is 22.3 Å². The minimum atomic E-state index is -0.717. The zero-order valence-electron chi connectivity index (χ0n) is 13.4. The van der Waals surface area contributed by atoms with Gasteiger partial charge in [-0.2, -0.15) is 0 Å². The molecule has 8 heteroatoms. The lowest BCUT2D eigenvalue weighted by Crippen LogP contribution is -2.40. The Bertz CT molecular complexity index is 1020. The zero-order valence-corrected chi connectivity index (χ0v) is 14.1. The summed E-state index contributed by atoms with van der Waals surface area (Å²) in [6.45, 7) is 3.23. The van der Waals surface area contributed by atoms with Crippen molar-refractivity contribution in [3.63, 3.8) is 0 Å². The first-order chi connectivity index (χ1) is 11.8. The second-order valence-electron chi connectivity index (χ2n) is 5.02. The van der Waals surface area contributed by atoms with Gasteiger partial charge in [0.1, 0.15) is 10.8 Å². The van der Waals surface area contributed by atoms with Crippen LogP contribution in [-0.2, 0) is 18.4 Å². The molecular weight excluding hydrogens is 344 g/mol. The van der Waals surface area contributed by atoms with Crippen molar-refractivity contribution in [3.05, 3.63) is 68.5 Å². The molecular formula is C17H15ClN4O3. The third kappa shape index (κ3) is 4.00. The molecule has 0 spiro atoms. The number of nitrogens with zero attached hydrogens (tertiary/aromatic N) is 2. The average Bonchev–Trinajstić information content (AvgIpc) is 2.59. The summed E-state index contributed by atoms with van der Waals surface area (Å²) in [5.74, 6) is 5.03. The topological polar surface area (TPSA) is 99.1 Å². The van der Waals surface area contributed by atoms with Crippen LogP contribution >= 0.6 is 11.6 Å². The van der Waals surface area contributed by atoms with E-state index in [1.54, 1.807) is 24.3 Å². The molecule has 0 bridgehead atoms. The fourth-order valence-electron chi connectivity index (χ4n) is 2.00. The molecule has 1 amide bonds. The highest BCUT2D eigenvalue weighted by atomic mass is 35.5. The maximum absolute atomic E-state index is 12.2. The van der Waals surface area contributed by atoms with Crippen molar-refractivity contribution < 1.29 is 4.79 Å². The minimum absolute atomic E-state index is 0.0719. The van der Waals surface area contributed by atoms with Crippen molar-refractivity contribution in [2.75, 3.05) is 11.1 Å². The van der Waals surface area contributed by atoms with E-state index >= 15 is 0 Å². The van der Waals surface area contributed by atoms with Gasteiger partial charge in [0.05, 0.1) is 6.54 Å². The van der Waals surface area contributed by atoms with Crippen LogP contribution in [-0.4, -0.2) is 15.0 Å². The predicted octanol–water partition coefficient (Wildman–Crippen LogP) is 0.959. The van der Waals surface area contributed by atoms with Gasteiger partial charge in [-0.05, 0) is 24.3 Å². The Morgan fingerprint density at radius 2 is 2.16 bits per heavy atom. The summed E-state index contributed by atoms with van der Waals surface area (Å²) in [6, 6.07) is 6.94. The fourth-order valence-corrected chi connectivity index (χ4v) is 2.26. The zero-order chi connectivity index (χ0) is 18.6. The van der Waals surface area contributed by atoms with E-state index in [1.165, 1.54) is 7.05 Å². The second kappa shape index (κ2) is 7.55. The van der Waals surface area contributed by atoms with Crippen molar-refractivity contribution in [1.82, 2.24) is 9.13 Å². The Balaban J connectivity index is 2.45. The molecule has 128 valence electrons. The van der Waals surface area contributed by atoms with Gasteiger partial charge in [-0.25, -0.2) is 4.79 Å². The predicted molar refractivity (Wildman–Crippen MR) is 97.5 cm³/mol. The highest BCUT2D eigenvalue weighted by Gasteiger charge is 2.16. The maximum atomic E-state index is 12.2. The molecule has 1 aromatic carbocycles. The molecule has 0 atom stereocenters.